The summed E-state index contributed by atoms with van der Waals surface area (Å²) in [5.74, 6) is -2.18. The van der Waals surface area contributed by atoms with Crippen LogP contribution < -0.4 is 16.6 Å². The molecule has 2 amide bonds. The highest BCUT2D eigenvalue weighted by molar-refractivity contribution is 7.14. The molecule has 10 heteroatoms. The number of anilines is 1. The Kier molecular flexibility index (Phi) is 6.51. The summed E-state index contributed by atoms with van der Waals surface area (Å²) in [4.78, 5) is 50.0. The molecule has 0 saturated carbocycles. The minimum absolute atomic E-state index is 0.0836. The van der Waals surface area contributed by atoms with Crippen LogP contribution in [0, 0.1) is 0 Å². The van der Waals surface area contributed by atoms with E-state index in [0.717, 1.165) is 16.9 Å². The van der Waals surface area contributed by atoms with Gasteiger partial charge in [0.1, 0.15) is 5.00 Å². The molecule has 4 rings (SSSR count). The number of nitrogens with one attached hydrogen (secondary N) is 1. The standard InChI is InChI=1S/C24H20N4O5S/c1-14(21(30)26-22-18(20(25)29)11-12-34-22)33-24(32)19-16-9-5-6-10-17(16)23(31)28(27-19)13-15-7-3-2-4-8-15/h2-12,14H,13H2,1H3,(H2,25,29)(H,26,30). The van der Waals surface area contributed by atoms with E-state index in [0.29, 0.717) is 10.8 Å². The average Bonchev–Trinajstić information content (AvgIpc) is 3.30. The van der Waals surface area contributed by atoms with E-state index in [2.05, 4.69) is 10.4 Å². The van der Waals surface area contributed by atoms with Crippen LogP contribution >= 0.6 is 11.3 Å². The highest BCUT2D eigenvalue weighted by Gasteiger charge is 2.24. The molecule has 0 aliphatic carbocycles. The molecule has 3 N–H and O–H groups in total. The lowest BCUT2D eigenvalue weighted by Gasteiger charge is -2.15. The number of esters is 1. The van der Waals surface area contributed by atoms with Crippen LogP contribution in [-0.2, 0) is 16.1 Å². The normalized spacial score (nSPS) is 11.7. The number of amides is 2. The first-order valence-corrected chi connectivity index (χ1v) is 11.2. The van der Waals surface area contributed by atoms with Crippen molar-refractivity contribution in [3.05, 3.63) is 93.2 Å². The van der Waals surface area contributed by atoms with Gasteiger partial charge in [0, 0.05) is 5.39 Å². The summed E-state index contributed by atoms with van der Waals surface area (Å²) >= 11 is 1.12. The zero-order valence-electron chi connectivity index (χ0n) is 18.1. The topological polar surface area (TPSA) is 133 Å². The number of hydrogen-bond donors (Lipinski definition) is 2. The van der Waals surface area contributed by atoms with Gasteiger partial charge in [0.05, 0.1) is 17.5 Å². The van der Waals surface area contributed by atoms with Crippen molar-refractivity contribution in [2.45, 2.75) is 19.6 Å². The van der Waals surface area contributed by atoms with Gasteiger partial charge in [0.25, 0.3) is 17.4 Å². The van der Waals surface area contributed by atoms with Crippen molar-refractivity contribution in [3.63, 3.8) is 0 Å². The second kappa shape index (κ2) is 9.67. The van der Waals surface area contributed by atoms with Crippen molar-refractivity contribution in [1.82, 2.24) is 9.78 Å². The number of fused-ring (bicyclic) bond motifs is 1. The third kappa shape index (κ3) is 4.71. The summed E-state index contributed by atoms with van der Waals surface area (Å²) in [7, 11) is 0. The number of carbonyl (C=O) groups is 3. The quantitative estimate of drug-likeness (QED) is 0.394. The molecule has 1 atom stereocenters. The Hall–Kier alpha value is -4.31. The van der Waals surface area contributed by atoms with Gasteiger partial charge in [-0.3, -0.25) is 14.4 Å². The summed E-state index contributed by atoms with van der Waals surface area (Å²) in [5, 5.41) is 9.31. The molecule has 172 valence electrons. The monoisotopic (exact) mass is 476 g/mol. The number of nitrogens with zero attached hydrogens (tertiary/aromatic N) is 2. The molecule has 1 unspecified atom stereocenters. The van der Waals surface area contributed by atoms with Crippen LogP contribution in [0.1, 0.15) is 33.3 Å². The second-order valence-corrected chi connectivity index (χ2v) is 8.32. The van der Waals surface area contributed by atoms with Gasteiger partial charge >= 0.3 is 5.97 Å². The van der Waals surface area contributed by atoms with E-state index in [1.807, 2.05) is 30.3 Å². The van der Waals surface area contributed by atoms with E-state index >= 15 is 0 Å². The molecule has 34 heavy (non-hydrogen) atoms. The molecule has 0 bridgehead atoms. The van der Waals surface area contributed by atoms with Crippen molar-refractivity contribution >= 4 is 44.9 Å². The fourth-order valence-electron chi connectivity index (χ4n) is 3.33. The number of nitrogens with two attached hydrogens (primary N) is 1. The molecule has 0 fully saturated rings. The molecule has 0 aliphatic heterocycles. The number of benzene rings is 2. The van der Waals surface area contributed by atoms with Gasteiger partial charge in [-0.05, 0) is 30.0 Å². The minimum atomic E-state index is -1.20. The molecule has 0 radical (unpaired) electrons. The SMILES string of the molecule is CC(OC(=O)c1nn(Cc2ccccc2)c(=O)c2ccccc12)C(=O)Nc1sccc1C(N)=O. The van der Waals surface area contributed by atoms with Crippen molar-refractivity contribution in [3.8, 4) is 0 Å². The molecule has 4 aromatic rings. The van der Waals surface area contributed by atoms with Crippen LogP contribution in [0.25, 0.3) is 10.8 Å². The highest BCUT2D eigenvalue weighted by Crippen LogP contribution is 2.23. The third-order valence-corrected chi connectivity index (χ3v) is 5.89. The van der Waals surface area contributed by atoms with Crippen LogP contribution in [-0.4, -0.2) is 33.7 Å². The molecule has 0 saturated heterocycles. The zero-order chi connectivity index (χ0) is 24.2. The predicted octanol–water partition coefficient (Wildman–Crippen LogP) is 2.79. The van der Waals surface area contributed by atoms with Crippen molar-refractivity contribution in [2.24, 2.45) is 5.73 Å². The van der Waals surface area contributed by atoms with Crippen molar-refractivity contribution in [1.29, 1.82) is 0 Å². The molecule has 2 aromatic heterocycles. The lowest BCUT2D eigenvalue weighted by Crippen LogP contribution is -2.32. The van der Waals surface area contributed by atoms with E-state index in [9.17, 15) is 19.2 Å². The lowest BCUT2D eigenvalue weighted by molar-refractivity contribution is -0.123. The van der Waals surface area contributed by atoms with E-state index in [1.54, 1.807) is 29.6 Å². The second-order valence-electron chi connectivity index (χ2n) is 7.41. The Labute approximate surface area is 197 Å². The highest BCUT2D eigenvalue weighted by atomic mass is 32.1. The number of thiophene rings is 1. The fourth-order valence-corrected chi connectivity index (χ4v) is 4.13. The zero-order valence-corrected chi connectivity index (χ0v) is 18.9. The average molecular weight is 477 g/mol. The Balaban J connectivity index is 1.60. The summed E-state index contributed by atoms with van der Waals surface area (Å²) in [5.41, 5.74) is 5.86. The summed E-state index contributed by atoms with van der Waals surface area (Å²) < 4.78 is 6.56. The third-order valence-electron chi connectivity index (χ3n) is 5.06. The maximum atomic E-state index is 13.0. The van der Waals surface area contributed by atoms with Gasteiger partial charge in [-0.15, -0.1) is 11.3 Å². The molecule has 2 aromatic carbocycles. The number of primary amides is 1. The van der Waals surface area contributed by atoms with Crippen LogP contribution in [0.15, 0.2) is 70.8 Å². The van der Waals surface area contributed by atoms with Crippen molar-refractivity contribution in [2.75, 3.05) is 5.32 Å². The van der Waals surface area contributed by atoms with Crippen LogP contribution in [0.3, 0.4) is 0 Å². The molecule has 9 nitrogen and oxygen atoms in total. The maximum Gasteiger partial charge on any atom is 0.360 e. The van der Waals surface area contributed by atoms with Gasteiger partial charge in [0.2, 0.25) is 0 Å². The summed E-state index contributed by atoms with van der Waals surface area (Å²) in [6.07, 6.45) is -1.20. The van der Waals surface area contributed by atoms with Crippen LogP contribution in [0.4, 0.5) is 5.00 Å². The van der Waals surface area contributed by atoms with Crippen molar-refractivity contribution < 1.29 is 19.1 Å². The minimum Gasteiger partial charge on any atom is -0.448 e. The molecule has 0 spiro atoms. The molecular formula is C24H20N4O5S. The number of ether oxygens (including phenoxy) is 1. The Morgan fingerprint density at radius 1 is 1.06 bits per heavy atom. The maximum absolute atomic E-state index is 13.0. The number of aromatic nitrogens is 2. The first-order valence-electron chi connectivity index (χ1n) is 10.3. The Morgan fingerprint density at radius 3 is 2.44 bits per heavy atom. The van der Waals surface area contributed by atoms with Crippen LogP contribution in [0.5, 0.6) is 0 Å². The lowest BCUT2D eigenvalue weighted by atomic mass is 10.1. The van der Waals surface area contributed by atoms with Gasteiger partial charge in [-0.1, -0.05) is 48.5 Å². The van der Waals surface area contributed by atoms with E-state index in [-0.39, 0.29) is 28.4 Å². The number of rotatable bonds is 7. The Bertz CT molecular complexity index is 1440. The Morgan fingerprint density at radius 2 is 1.74 bits per heavy atom. The van der Waals surface area contributed by atoms with E-state index in [4.69, 9.17) is 10.5 Å². The molecular weight excluding hydrogens is 456 g/mol. The number of carbonyl (C=O) groups excluding carboxylic acids is 3. The van der Waals surface area contributed by atoms with Gasteiger partial charge in [0.15, 0.2) is 11.8 Å². The van der Waals surface area contributed by atoms with Gasteiger partial charge in [-0.25, -0.2) is 9.48 Å². The van der Waals surface area contributed by atoms with Gasteiger partial charge in [-0.2, -0.15) is 5.10 Å². The van der Waals surface area contributed by atoms with Gasteiger partial charge < -0.3 is 15.8 Å². The molecule has 2 heterocycles. The fraction of sp³-hybridized carbons (Fsp3) is 0.125. The van der Waals surface area contributed by atoms with Crippen LogP contribution in [0.2, 0.25) is 0 Å². The summed E-state index contributed by atoms with van der Waals surface area (Å²) in [6, 6.07) is 17.3. The first-order chi connectivity index (χ1) is 16.3. The smallest absolute Gasteiger partial charge is 0.360 e. The van der Waals surface area contributed by atoms with E-state index in [1.165, 1.54) is 17.7 Å². The number of hydrogen-bond acceptors (Lipinski definition) is 7. The largest absolute Gasteiger partial charge is 0.448 e. The van der Waals surface area contributed by atoms with E-state index < -0.39 is 23.9 Å². The first kappa shape index (κ1) is 22.9. The summed E-state index contributed by atoms with van der Waals surface area (Å²) in [6.45, 7) is 1.56. The molecule has 0 aliphatic rings. The predicted molar refractivity (Wildman–Crippen MR) is 128 cm³/mol.